The van der Waals surface area contributed by atoms with E-state index >= 15 is 0 Å². The van der Waals surface area contributed by atoms with Crippen molar-refractivity contribution < 1.29 is 9.59 Å². The predicted octanol–water partition coefficient (Wildman–Crippen LogP) is 2.52. The van der Waals surface area contributed by atoms with Crippen LogP contribution >= 0.6 is 11.3 Å². The molecule has 1 aliphatic carbocycles. The highest BCUT2D eigenvalue weighted by molar-refractivity contribution is 7.09. The largest absolute Gasteiger partial charge is 0.339 e. The van der Waals surface area contributed by atoms with Crippen LogP contribution in [0.4, 0.5) is 0 Å². The minimum absolute atomic E-state index is 0.111. The first-order chi connectivity index (χ1) is 11.1. The quantitative estimate of drug-likeness (QED) is 0.854. The summed E-state index contributed by atoms with van der Waals surface area (Å²) in [7, 11) is 0. The third-order valence-corrected chi connectivity index (χ3v) is 6.27. The highest BCUT2D eigenvalue weighted by Gasteiger charge is 2.44. The summed E-state index contributed by atoms with van der Waals surface area (Å²) in [6.07, 6.45) is 5.81. The lowest BCUT2D eigenvalue weighted by Gasteiger charge is -2.36. The van der Waals surface area contributed by atoms with Crippen LogP contribution in [-0.2, 0) is 9.59 Å². The van der Waals surface area contributed by atoms with Crippen molar-refractivity contribution >= 4 is 23.2 Å². The Morgan fingerprint density at radius 1 is 1.30 bits per heavy atom. The van der Waals surface area contributed by atoms with Gasteiger partial charge in [-0.25, -0.2) is 4.98 Å². The number of hydrogen-bond acceptors (Lipinski definition) is 4. The van der Waals surface area contributed by atoms with Gasteiger partial charge in [-0.3, -0.25) is 9.59 Å². The summed E-state index contributed by atoms with van der Waals surface area (Å²) in [5.74, 6) is 0.188. The molecule has 2 saturated heterocycles. The SMILES string of the molecule is Cc1csc(C2CCCCN2C(=O)C2CC(=O)N(C3CC3)C2)n1. The monoisotopic (exact) mass is 333 g/mol. The number of nitrogens with zero attached hydrogens (tertiary/aromatic N) is 3. The minimum Gasteiger partial charge on any atom is -0.339 e. The van der Waals surface area contributed by atoms with Crippen LogP contribution in [0.2, 0.25) is 0 Å². The van der Waals surface area contributed by atoms with E-state index in [-0.39, 0.29) is 23.8 Å². The van der Waals surface area contributed by atoms with Gasteiger partial charge in [0.25, 0.3) is 0 Å². The zero-order chi connectivity index (χ0) is 16.0. The average molecular weight is 333 g/mol. The van der Waals surface area contributed by atoms with Gasteiger partial charge >= 0.3 is 0 Å². The standard InChI is InChI=1S/C17H23N3O2S/c1-11-10-23-16(18-11)14-4-2-3-7-19(14)17(22)12-8-15(21)20(9-12)13-5-6-13/h10,12-14H,2-9H2,1H3. The molecule has 124 valence electrons. The fourth-order valence-corrected chi connectivity index (χ4v) is 4.79. The van der Waals surface area contributed by atoms with E-state index in [2.05, 4.69) is 10.4 Å². The molecule has 1 aromatic rings. The Labute approximate surface area is 140 Å². The Hall–Kier alpha value is -1.43. The molecule has 1 saturated carbocycles. The molecule has 23 heavy (non-hydrogen) atoms. The first kappa shape index (κ1) is 15.1. The van der Waals surface area contributed by atoms with Gasteiger partial charge in [-0.05, 0) is 39.0 Å². The van der Waals surface area contributed by atoms with Crippen LogP contribution in [0, 0.1) is 12.8 Å². The molecular formula is C17H23N3O2S. The maximum Gasteiger partial charge on any atom is 0.228 e. The van der Waals surface area contributed by atoms with Gasteiger partial charge in [-0.15, -0.1) is 11.3 Å². The topological polar surface area (TPSA) is 53.5 Å². The molecule has 3 fully saturated rings. The summed E-state index contributed by atoms with van der Waals surface area (Å²) in [5, 5.41) is 3.11. The van der Waals surface area contributed by atoms with Crippen LogP contribution in [0.1, 0.15) is 55.3 Å². The second-order valence-electron chi connectivity index (χ2n) is 7.05. The van der Waals surface area contributed by atoms with Crippen molar-refractivity contribution in [1.82, 2.24) is 14.8 Å². The molecule has 2 aliphatic heterocycles. The third kappa shape index (κ3) is 2.89. The molecule has 2 amide bonds. The molecule has 0 aromatic carbocycles. The van der Waals surface area contributed by atoms with E-state index in [1.165, 1.54) is 0 Å². The zero-order valence-corrected chi connectivity index (χ0v) is 14.3. The van der Waals surface area contributed by atoms with E-state index in [0.29, 0.717) is 19.0 Å². The van der Waals surface area contributed by atoms with Crippen LogP contribution in [0.3, 0.4) is 0 Å². The van der Waals surface area contributed by atoms with E-state index in [1.807, 2.05) is 16.7 Å². The van der Waals surface area contributed by atoms with Gasteiger partial charge in [0.1, 0.15) is 5.01 Å². The van der Waals surface area contributed by atoms with E-state index in [9.17, 15) is 9.59 Å². The van der Waals surface area contributed by atoms with Crippen molar-refractivity contribution in [3.8, 4) is 0 Å². The number of aromatic nitrogens is 1. The van der Waals surface area contributed by atoms with Gasteiger partial charge in [-0.1, -0.05) is 0 Å². The molecule has 0 spiro atoms. The third-order valence-electron chi connectivity index (χ3n) is 5.20. The lowest BCUT2D eigenvalue weighted by Crippen LogP contribution is -2.42. The number of thiazole rings is 1. The van der Waals surface area contributed by atoms with Gasteiger partial charge in [0.2, 0.25) is 11.8 Å². The van der Waals surface area contributed by atoms with Gasteiger partial charge < -0.3 is 9.80 Å². The molecule has 0 N–H and O–H groups in total. The average Bonchev–Trinajstić information content (AvgIpc) is 3.19. The van der Waals surface area contributed by atoms with Gasteiger partial charge in [0, 0.05) is 36.6 Å². The number of carbonyl (C=O) groups is 2. The first-order valence-electron chi connectivity index (χ1n) is 8.65. The summed E-state index contributed by atoms with van der Waals surface area (Å²) in [5.41, 5.74) is 1.03. The molecule has 3 heterocycles. The first-order valence-corrected chi connectivity index (χ1v) is 9.53. The van der Waals surface area contributed by atoms with Crippen molar-refractivity contribution in [2.24, 2.45) is 5.92 Å². The summed E-state index contributed by atoms with van der Waals surface area (Å²) >= 11 is 1.65. The highest BCUT2D eigenvalue weighted by atomic mass is 32.1. The Morgan fingerprint density at radius 2 is 2.13 bits per heavy atom. The smallest absolute Gasteiger partial charge is 0.228 e. The molecule has 4 rings (SSSR count). The van der Waals surface area contributed by atoms with Crippen molar-refractivity contribution in [2.45, 2.75) is 57.5 Å². The van der Waals surface area contributed by atoms with E-state index in [0.717, 1.165) is 49.4 Å². The Bertz CT molecular complexity index is 625. The summed E-state index contributed by atoms with van der Waals surface area (Å²) in [6, 6.07) is 0.527. The summed E-state index contributed by atoms with van der Waals surface area (Å²) in [6.45, 7) is 3.43. The zero-order valence-electron chi connectivity index (χ0n) is 13.5. The lowest BCUT2D eigenvalue weighted by atomic mass is 9.99. The molecule has 0 radical (unpaired) electrons. The number of amides is 2. The van der Waals surface area contributed by atoms with Gasteiger partial charge in [-0.2, -0.15) is 0 Å². The maximum absolute atomic E-state index is 13.0. The summed E-state index contributed by atoms with van der Waals surface area (Å²) < 4.78 is 0. The maximum atomic E-state index is 13.0. The van der Waals surface area contributed by atoms with Crippen LogP contribution < -0.4 is 0 Å². The molecule has 6 heteroatoms. The van der Waals surface area contributed by atoms with Gasteiger partial charge in [0.15, 0.2) is 0 Å². The predicted molar refractivity (Wildman–Crippen MR) is 88.0 cm³/mol. The molecular weight excluding hydrogens is 310 g/mol. The Balaban J connectivity index is 1.50. The van der Waals surface area contributed by atoms with E-state index < -0.39 is 0 Å². The summed E-state index contributed by atoms with van der Waals surface area (Å²) in [4.78, 5) is 33.8. The van der Waals surface area contributed by atoms with Crippen molar-refractivity contribution in [2.75, 3.05) is 13.1 Å². The van der Waals surface area contributed by atoms with Crippen molar-refractivity contribution in [3.05, 3.63) is 16.1 Å². The van der Waals surface area contributed by atoms with Crippen molar-refractivity contribution in [1.29, 1.82) is 0 Å². The number of hydrogen-bond donors (Lipinski definition) is 0. The fraction of sp³-hybridized carbons (Fsp3) is 0.706. The number of rotatable bonds is 3. The second-order valence-corrected chi connectivity index (χ2v) is 7.94. The number of likely N-dealkylation sites (tertiary alicyclic amines) is 2. The van der Waals surface area contributed by atoms with Crippen LogP contribution in [0.15, 0.2) is 5.38 Å². The number of piperidine rings is 1. The van der Waals surface area contributed by atoms with Crippen LogP contribution in [0.5, 0.6) is 0 Å². The fourth-order valence-electron chi connectivity index (χ4n) is 3.85. The Kier molecular flexibility index (Phi) is 3.87. The molecule has 2 atom stereocenters. The van der Waals surface area contributed by atoms with E-state index in [1.54, 1.807) is 11.3 Å². The Morgan fingerprint density at radius 3 is 2.83 bits per heavy atom. The minimum atomic E-state index is -0.148. The normalized spacial score (nSPS) is 28.5. The molecule has 0 bridgehead atoms. The molecule has 1 aromatic heterocycles. The number of carbonyl (C=O) groups excluding carboxylic acids is 2. The highest BCUT2D eigenvalue weighted by Crippen LogP contribution is 2.37. The van der Waals surface area contributed by atoms with Crippen molar-refractivity contribution in [3.63, 3.8) is 0 Å². The van der Waals surface area contributed by atoms with Crippen LogP contribution in [0.25, 0.3) is 0 Å². The molecule has 3 aliphatic rings. The molecule has 2 unspecified atom stereocenters. The van der Waals surface area contributed by atoms with Gasteiger partial charge in [0.05, 0.1) is 12.0 Å². The second kappa shape index (κ2) is 5.89. The molecule has 5 nitrogen and oxygen atoms in total. The number of aryl methyl sites for hydroxylation is 1. The van der Waals surface area contributed by atoms with E-state index in [4.69, 9.17) is 0 Å². The van der Waals surface area contributed by atoms with Crippen LogP contribution in [-0.4, -0.2) is 45.7 Å². The lowest BCUT2D eigenvalue weighted by molar-refractivity contribution is -0.139.